The minimum absolute atomic E-state index is 0.0989. The molecule has 1 aliphatic heterocycles. The molecule has 1 aromatic heterocycles. The summed E-state index contributed by atoms with van der Waals surface area (Å²) in [5, 5.41) is 3.80. The number of piperidine rings is 1. The summed E-state index contributed by atoms with van der Waals surface area (Å²) in [7, 11) is 0. The molecule has 1 N–H and O–H groups in total. The smallest absolute Gasteiger partial charge is 0.148 e. The summed E-state index contributed by atoms with van der Waals surface area (Å²) in [6.07, 6.45) is 9.36. The first-order valence-corrected chi connectivity index (χ1v) is 10.3. The lowest BCUT2D eigenvalue weighted by atomic mass is 9.79. The van der Waals surface area contributed by atoms with Gasteiger partial charge in [-0.15, -0.1) is 6.42 Å². The third-order valence-electron chi connectivity index (χ3n) is 5.41. The summed E-state index contributed by atoms with van der Waals surface area (Å²) in [6, 6.07) is 14.9. The number of nitrogens with one attached hydrogen (secondary N) is 1. The van der Waals surface area contributed by atoms with Crippen molar-refractivity contribution in [1.29, 1.82) is 0 Å². The van der Waals surface area contributed by atoms with Crippen LogP contribution in [0.2, 0.25) is 0 Å². The standard InChI is InChI=1S/C25H33N3O/c1-6-15-29-23-12-10-20(11-13-23)18-28(19-21-9-7-8-14-26-21)22-16-24(2,3)27-25(4,5)17-22/h1,7-14,22,27H,15-19H2,2-5H3. The molecule has 0 unspecified atom stereocenters. The van der Waals surface area contributed by atoms with Gasteiger partial charge in [0.2, 0.25) is 0 Å². The fourth-order valence-electron chi connectivity index (χ4n) is 4.59. The normalized spacial score (nSPS) is 18.3. The largest absolute Gasteiger partial charge is 0.481 e. The Kier molecular flexibility index (Phi) is 6.62. The van der Waals surface area contributed by atoms with Crippen LogP contribution in [0.3, 0.4) is 0 Å². The van der Waals surface area contributed by atoms with E-state index in [1.165, 1.54) is 5.56 Å². The molecule has 0 radical (unpaired) electrons. The van der Waals surface area contributed by atoms with Crippen molar-refractivity contribution >= 4 is 0 Å². The predicted molar refractivity (Wildman–Crippen MR) is 119 cm³/mol. The molecule has 1 fully saturated rings. The zero-order valence-electron chi connectivity index (χ0n) is 18.1. The molecule has 4 nitrogen and oxygen atoms in total. The quantitative estimate of drug-likeness (QED) is 0.710. The minimum atomic E-state index is 0.0989. The SMILES string of the molecule is C#CCOc1ccc(CN(Cc2ccccn2)C2CC(C)(C)NC(C)(C)C2)cc1. The van der Waals surface area contributed by atoms with Gasteiger partial charge in [-0.25, -0.2) is 0 Å². The van der Waals surface area contributed by atoms with Crippen molar-refractivity contribution < 1.29 is 4.74 Å². The summed E-state index contributed by atoms with van der Waals surface area (Å²) < 4.78 is 5.51. The van der Waals surface area contributed by atoms with E-state index in [-0.39, 0.29) is 11.1 Å². The fourth-order valence-corrected chi connectivity index (χ4v) is 4.59. The third kappa shape index (κ3) is 6.32. The molecular weight excluding hydrogens is 358 g/mol. The number of ether oxygens (including phenoxy) is 1. The third-order valence-corrected chi connectivity index (χ3v) is 5.41. The highest BCUT2D eigenvalue weighted by Crippen LogP contribution is 2.33. The molecule has 3 rings (SSSR count). The number of pyridine rings is 1. The van der Waals surface area contributed by atoms with Crippen LogP contribution in [0.25, 0.3) is 0 Å². The molecule has 0 bridgehead atoms. The van der Waals surface area contributed by atoms with Crippen LogP contribution in [-0.2, 0) is 13.1 Å². The average molecular weight is 392 g/mol. The number of rotatable bonds is 7. The highest BCUT2D eigenvalue weighted by atomic mass is 16.5. The van der Waals surface area contributed by atoms with E-state index in [1.807, 2.05) is 24.4 Å². The first kappa shape index (κ1) is 21.4. The van der Waals surface area contributed by atoms with Crippen molar-refractivity contribution in [1.82, 2.24) is 15.2 Å². The Morgan fingerprint density at radius 3 is 2.34 bits per heavy atom. The highest BCUT2D eigenvalue weighted by Gasteiger charge is 2.39. The van der Waals surface area contributed by atoms with Crippen LogP contribution in [0.15, 0.2) is 48.7 Å². The molecule has 0 aliphatic carbocycles. The molecule has 0 atom stereocenters. The van der Waals surface area contributed by atoms with E-state index in [0.717, 1.165) is 37.4 Å². The Bertz CT molecular complexity index is 805. The van der Waals surface area contributed by atoms with E-state index in [4.69, 9.17) is 11.2 Å². The van der Waals surface area contributed by atoms with E-state index >= 15 is 0 Å². The number of terminal acetylenes is 1. The van der Waals surface area contributed by atoms with Crippen LogP contribution in [0.4, 0.5) is 0 Å². The maximum Gasteiger partial charge on any atom is 0.148 e. The second kappa shape index (κ2) is 8.98. The van der Waals surface area contributed by atoms with Crippen LogP contribution < -0.4 is 10.1 Å². The lowest BCUT2D eigenvalue weighted by molar-refractivity contribution is 0.0556. The molecular formula is C25H33N3O. The van der Waals surface area contributed by atoms with Crippen LogP contribution in [0.1, 0.15) is 51.8 Å². The topological polar surface area (TPSA) is 37.4 Å². The molecule has 1 saturated heterocycles. The number of hydrogen-bond acceptors (Lipinski definition) is 4. The van der Waals surface area contributed by atoms with Gasteiger partial charge in [0.25, 0.3) is 0 Å². The maximum atomic E-state index is 5.51. The Balaban J connectivity index is 1.80. The molecule has 4 heteroatoms. The number of benzene rings is 1. The first-order valence-electron chi connectivity index (χ1n) is 10.3. The maximum absolute atomic E-state index is 5.51. The second-order valence-electron chi connectivity index (χ2n) is 9.32. The van der Waals surface area contributed by atoms with Gasteiger partial charge in [-0.05, 0) is 70.4 Å². The summed E-state index contributed by atoms with van der Waals surface area (Å²) in [5.74, 6) is 3.32. The van der Waals surface area contributed by atoms with Crippen LogP contribution in [-0.4, -0.2) is 33.6 Å². The summed E-state index contributed by atoms with van der Waals surface area (Å²) in [5.41, 5.74) is 2.57. The first-order chi connectivity index (χ1) is 13.8. The van der Waals surface area contributed by atoms with Gasteiger partial charge in [0.15, 0.2) is 0 Å². The van der Waals surface area contributed by atoms with Crippen molar-refractivity contribution in [2.45, 2.75) is 70.7 Å². The van der Waals surface area contributed by atoms with Crippen molar-refractivity contribution in [3.8, 4) is 18.1 Å². The zero-order chi connectivity index (χ0) is 20.9. The van der Waals surface area contributed by atoms with Gasteiger partial charge in [-0.1, -0.05) is 24.1 Å². The fraction of sp³-hybridized carbons (Fsp3) is 0.480. The number of aromatic nitrogens is 1. The van der Waals surface area contributed by atoms with Crippen LogP contribution in [0, 0.1) is 12.3 Å². The molecule has 1 aliphatic rings. The minimum Gasteiger partial charge on any atom is -0.481 e. The molecule has 1 aromatic carbocycles. The number of nitrogens with zero attached hydrogens (tertiary/aromatic N) is 2. The van der Waals surface area contributed by atoms with Crippen molar-refractivity contribution in [3.05, 3.63) is 59.9 Å². The number of hydrogen-bond donors (Lipinski definition) is 1. The van der Waals surface area contributed by atoms with E-state index in [0.29, 0.717) is 12.6 Å². The molecule has 154 valence electrons. The van der Waals surface area contributed by atoms with E-state index in [1.54, 1.807) is 0 Å². The second-order valence-corrected chi connectivity index (χ2v) is 9.32. The van der Waals surface area contributed by atoms with Gasteiger partial charge in [-0.2, -0.15) is 0 Å². The van der Waals surface area contributed by atoms with Crippen LogP contribution in [0.5, 0.6) is 5.75 Å². The molecule has 0 spiro atoms. The molecule has 29 heavy (non-hydrogen) atoms. The summed E-state index contributed by atoms with van der Waals surface area (Å²) in [6.45, 7) is 11.2. The van der Waals surface area contributed by atoms with Gasteiger partial charge < -0.3 is 10.1 Å². The van der Waals surface area contributed by atoms with Gasteiger partial charge in [-0.3, -0.25) is 9.88 Å². The van der Waals surface area contributed by atoms with Crippen molar-refractivity contribution in [2.75, 3.05) is 6.61 Å². The van der Waals surface area contributed by atoms with Gasteiger partial charge in [0.1, 0.15) is 12.4 Å². The molecule has 2 heterocycles. The average Bonchev–Trinajstić information content (AvgIpc) is 2.65. The van der Waals surface area contributed by atoms with Gasteiger partial charge in [0, 0.05) is 36.4 Å². The Morgan fingerprint density at radius 1 is 1.07 bits per heavy atom. The lowest BCUT2D eigenvalue weighted by Gasteiger charge is -2.49. The summed E-state index contributed by atoms with van der Waals surface area (Å²) in [4.78, 5) is 7.15. The Hall–Kier alpha value is -2.35. The monoisotopic (exact) mass is 391 g/mol. The molecule has 0 saturated carbocycles. The highest BCUT2D eigenvalue weighted by molar-refractivity contribution is 5.27. The van der Waals surface area contributed by atoms with Gasteiger partial charge >= 0.3 is 0 Å². The Morgan fingerprint density at radius 2 is 1.76 bits per heavy atom. The lowest BCUT2D eigenvalue weighted by Crippen LogP contribution is -2.62. The van der Waals surface area contributed by atoms with Crippen LogP contribution >= 0.6 is 0 Å². The Labute approximate surface area is 175 Å². The molecule has 0 amide bonds. The van der Waals surface area contributed by atoms with E-state index in [2.05, 4.69) is 73.1 Å². The van der Waals surface area contributed by atoms with Crippen molar-refractivity contribution in [2.24, 2.45) is 0 Å². The van der Waals surface area contributed by atoms with E-state index < -0.39 is 0 Å². The van der Waals surface area contributed by atoms with Crippen molar-refractivity contribution in [3.63, 3.8) is 0 Å². The predicted octanol–water partition coefficient (Wildman–Crippen LogP) is 4.41. The van der Waals surface area contributed by atoms with E-state index in [9.17, 15) is 0 Å². The van der Waals surface area contributed by atoms with Gasteiger partial charge in [0.05, 0.1) is 5.69 Å². The molecule has 2 aromatic rings. The zero-order valence-corrected chi connectivity index (χ0v) is 18.1. The summed E-state index contributed by atoms with van der Waals surface area (Å²) >= 11 is 0.